The van der Waals surface area contributed by atoms with E-state index in [1.54, 1.807) is 6.20 Å². The van der Waals surface area contributed by atoms with Crippen LogP contribution in [0.1, 0.15) is 79.1 Å². The SMILES string of the molecule is Cc1cc(Nc2nccc(C3=CCC(C)C=N3)n2)cc2cc(C(=O)CC3CCc4c(cnn4C(C)C)C3)[nH]c12. The Bertz CT molecular complexity index is 1610. The minimum absolute atomic E-state index is 0.163. The number of fused-ring (bicyclic) bond motifs is 2. The summed E-state index contributed by atoms with van der Waals surface area (Å²) in [4.78, 5) is 30.3. The molecule has 0 bridgehead atoms. The quantitative estimate of drug-likeness (QED) is 0.266. The monoisotopic (exact) mass is 521 g/mol. The predicted molar refractivity (Wildman–Crippen MR) is 156 cm³/mol. The molecule has 39 heavy (non-hydrogen) atoms. The van der Waals surface area contributed by atoms with Gasteiger partial charge in [0.1, 0.15) is 0 Å². The van der Waals surface area contributed by atoms with Gasteiger partial charge in [0.2, 0.25) is 5.95 Å². The molecule has 0 saturated carbocycles. The molecule has 6 rings (SSSR count). The van der Waals surface area contributed by atoms with Crippen LogP contribution < -0.4 is 5.32 Å². The summed E-state index contributed by atoms with van der Waals surface area (Å²) in [5.74, 6) is 1.48. The first-order valence-electron chi connectivity index (χ1n) is 13.9. The number of hydrogen-bond acceptors (Lipinski definition) is 6. The third-order valence-electron chi connectivity index (χ3n) is 7.80. The number of aliphatic imine (C=N–C) groups is 1. The molecule has 200 valence electrons. The molecule has 1 aliphatic heterocycles. The van der Waals surface area contributed by atoms with E-state index < -0.39 is 0 Å². The van der Waals surface area contributed by atoms with Crippen LogP contribution in [0, 0.1) is 18.8 Å². The summed E-state index contributed by atoms with van der Waals surface area (Å²) in [6.07, 6.45) is 12.3. The van der Waals surface area contributed by atoms with Crippen LogP contribution >= 0.6 is 0 Å². The van der Waals surface area contributed by atoms with Gasteiger partial charge in [-0.1, -0.05) is 13.0 Å². The van der Waals surface area contributed by atoms with Crippen molar-refractivity contribution in [3.8, 4) is 0 Å². The Morgan fingerprint density at radius 1 is 1.26 bits per heavy atom. The van der Waals surface area contributed by atoms with E-state index in [9.17, 15) is 4.79 Å². The normalized spacial score (nSPS) is 18.8. The average Bonchev–Trinajstić information content (AvgIpc) is 3.54. The second kappa shape index (κ2) is 10.2. The van der Waals surface area contributed by atoms with Crippen LogP contribution in [0.25, 0.3) is 16.6 Å². The van der Waals surface area contributed by atoms with E-state index in [2.05, 4.69) is 68.0 Å². The number of benzene rings is 1. The maximum absolute atomic E-state index is 13.3. The van der Waals surface area contributed by atoms with Crippen molar-refractivity contribution >= 4 is 40.2 Å². The molecule has 4 aromatic rings. The lowest BCUT2D eigenvalue weighted by Crippen LogP contribution is -2.20. The smallest absolute Gasteiger partial charge is 0.227 e. The maximum atomic E-state index is 13.3. The molecule has 2 N–H and O–H groups in total. The highest BCUT2D eigenvalue weighted by Crippen LogP contribution is 2.31. The van der Waals surface area contributed by atoms with Crippen molar-refractivity contribution in [2.75, 3.05) is 5.32 Å². The van der Waals surface area contributed by atoms with Crippen LogP contribution in [0.5, 0.6) is 0 Å². The molecule has 0 radical (unpaired) electrons. The molecule has 1 aromatic carbocycles. The van der Waals surface area contributed by atoms with Gasteiger partial charge in [0.05, 0.1) is 23.3 Å². The van der Waals surface area contributed by atoms with Crippen molar-refractivity contribution in [3.63, 3.8) is 0 Å². The van der Waals surface area contributed by atoms with Crippen LogP contribution in [0.4, 0.5) is 11.6 Å². The number of allylic oxidation sites excluding steroid dienone is 1. The topological polar surface area (TPSA) is 101 Å². The molecule has 1 aliphatic carbocycles. The maximum Gasteiger partial charge on any atom is 0.227 e. The number of H-pyrrole nitrogens is 1. The van der Waals surface area contributed by atoms with Gasteiger partial charge < -0.3 is 10.3 Å². The van der Waals surface area contributed by atoms with Crippen molar-refractivity contribution in [1.29, 1.82) is 0 Å². The van der Waals surface area contributed by atoms with E-state index in [0.717, 1.165) is 59.2 Å². The van der Waals surface area contributed by atoms with E-state index in [-0.39, 0.29) is 5.78 Å². The zero-order chi connectivity index (χ0) is 27.1. The van der Waals surface area contributed by atoms with E-state index in [4.69, 9.17) is 0 Å². The van der Waals surface area contributed by atoms with Crippen LogP contribution in [0.2, 0.25) is 0 Å². The Hall–Kier alpha value is -4.07. The zero-order valence-corrected chi connectivity index (χ0v) is 23.0. The molecule has 4 heterocycles. The minimum Gasteiger partial charge on any atom is -0.352 e. The van der Waals surface area contributed by atoms with Gasteiger partial charge in [-0.3, -0.25) is 14.5 Å². The second-order valence-electron chi connectivity index (χ2n) is 11.3. The number of aromatic amines is 1. The van der Waals surface area contributed by atoms with E-state index in [1.807, 2.05) is 37.5 Å². The van der Waals surface area contributed by atoms with Crippen LogP contribution in [-0.2, 0) is 12.8 Å². The fourth-order valence-electron chi connectivity index (χ4n) is 5.74. The standard InChI is InChI=1S/C31H35N7O/c1-18(2)38-28-8-6-21(12-23(28)17-34-38)13-29(39)27-15-22-14-24(11-20(4)30(22)36-27)35-31-32-10-9-26(37-31)25-7-5-19(3)16-33-25/h7,9-11,14-19,21,36H,5-6,8,12-13H2,1-4H3,(H,32,35,37). The van der Waals surface area contributed by atoms with Gasteiger partial charge in [-0.05, 0) is 93.7 Å². The summed E-state index contributed by atoms with van der Waals surface area (Å²) in [5.41, 5.74) is 7.90. The van der Waals surface area contributed by atoms with Crippen molar-refractivity contribution in [3.05, 3.63) is 70.9 Å². The molecule has 2 unspecified atom stereocenters. The third kappa shape index (κ3) is 5.15. The Morgan fingerprint density at radius 2 is 2.13 bits per heavy atom. The first-order valence-corrected chi connectivity index (χ1v) is 13.9. The molecule has 2 atom stereocenters. The number of carbonyl (C=O) groups is 1. The second-order valence-corrected chi connectivity index (χ2v) is 11.3. The van der Waals surface area contributed by atoms with Gasteiger partial charge in [-0.15, -0.1) is 0 Å². The fraction of sp³-hybridized carbons (Fsp3) is 0.387. The number of nitrogens with zero attached hydrogens (tertiary/aromatic N) is 5. The first-order chi connectivity index (χ1) is 18.8. The number of aryl methyl sites for hydroxylation is 1. The highest BCUT2D eigenvalue weighted by Gasteiger charge is 2.26. The molecule has 3 aromatic heterocycles. The number of anilines is 2. The summed E-state index contributed by atoms with van der Waals surface area (Å²) in [6, 6.07) is 8.31. The molecule has 8 heteroatoms. The third-order valence-corrected chi connectivity index (χ3v) is 7.80. The number of Topliss-reactive ketones (excluding diaryl/α,β-unsaturated/α-hetero) is 1. The Morgan fingerprint density at radius 3 is 2.92 bits per heavy atom. The lowest BCUT2D eigenvalue weighted by Gasteiger charge is -2.23. The summed E-state index contributed by atoms with van der Waals surface area (Å²) >= 11 is 0. The van der Waals surface area contributed by atoms with Crippen LogP contribution in [-0.4, -0.2) is 36.7 Å². The van der Waals surface area contributed by atoms with Crippen LogP contribution in [0.15, 0.2) is 47.7 Å². The van der Waals surface area contributed by atoms with Crippen molar-refractivity contribution in [2.24, 2.45) is 16.8 Å². The fourth-order valence-corrected chi connectivity index (χ4v) is 5.74. The number of rotatable bonds is 7. The molecule has 0 amide bonds. The minimum atomic E-state index is 0.163. The number of hydrogen-bond donors (Lipinski definition) is 2. The average molecular weight is 522 g/mol. The Kier molecular flexibility index (Phi) is 6.62. The summed E-state index contributed by atoms with van der Waals surface area (Å²) in [7, 11) is 0. The van der Waals surface area contributed by atoms with Gasteiger partial charge in [-0.2, -0.15) is 5.10 Å². The van der Waals surface area contributed by atoms with E-state index >= 15 is 0 Å². The number of nitrogens with one attached hydrogen (secondary N) is 2. The molecular weight excluding hydrogens is 486 g/mol. The molecule has 2 aliphatic rings. The van der Waals surface area contributed by atoms with E-state index in [0.29, 0.717) is 35.9 Å². The summed E-state index contributed by atoms with van der Waals surface area (Å²) in [6.45, 7) is 8.52. The van der Waals surface area contributed by atoms with Gasteiger partial charge >= 0.3 is 0 Å². The summed E-state index contributed by atoms with van der Waals surface area (Å²) < 4.78 is 2.13. The number of ketones is 1. The largest absolute Gasteiger partial charge is 0.352 e. The highest BCUT2D eigenvalue weighted by molar-refractivity contribution is 6.01. The van der Waals surface area contributed by atoms with Gasteiger partial charge in [-0.25, -0.2) is 9.97 Å². The van der Waals surface area contributed by atoms with Gasteiger partial charge in [0, 0.05) is 47.2 Å². The molecule has 0 spiro atoms. The van der Waals surface area contributed by atoms with Crippen molar-refractivity contribution < 1.29 is 4.79 Å². The predicted octanol–water partition coefficient (Wildman–Crippen LogP) is 6.62. The molecule has 8 nitrogen and oxygen atoms in total. The highest BCUT2D eigenvalue weighted by atomic mass is 16.1. The molecule has 0 saturated heterocycles. The molecular formula is C31H35N7O. The Balaban J connectivity index is 1.17. The van der Waals surface area contributed by atoms with Gasteiger partial charge in [0.25, 0.3) is 0 Å². The summed E-state index contributed by atoms with van der Waals surface area (Å²) in [5, 5.41) is 8.91. The lowest BCUT2D eigenvalue weighted by atomic mass is 9.84. The van der Waals surface area contributed by atoms with E-state index in [1.165, 1.54) is 11.3 Å². The number of aromatic nitrogens is 5. The first kappa shape index (κ1) is 25.2. The van der Waals surface area contributed by atoms with Crippen LogP contribution in [0.3, 0.4) is 0 Å². The van der Waals surface area contributed by atoms with Crippen molar-refractivity contribution in [1.82, 2.24) is 24.7 Å². The van der Waals surface area contributed by atoms with Gasteiger partial charge in [0.15, 0.2) is 5.78 Å². The molecule has 0 fully saturated rings. The van der Waals surface area contributed by atoms with Crippen molar-refractivity contribution in [2.45, 2.75) is 65.8 Å². The zero-order valence-electron chi connectivity index (χ0n) is 23.0. The lowest BCUT2D eigenvalue weighted by molar-refractivity contribution is 0.0953. The Labute approximate surface area is 228 Å². The number of carbonyl (C=O) groups excluding carboxylic acids is 1.